The van der Waals surface area contributed by atoms with Crippen molar-refractivity contribution in [1.29, 1.82) is 0 Å². The Morgan fingerprint density at radius 1 is 0.944 bits per heavy atom. The molecule has 1 aliphatic carbocycles. The van der Waals surface area contributed by atoms with Crippen LogP contribution in [-0.4, -0.2) is 15.4 Å². The molecule has 1 fully saturated rings. The summed E-state index contributed by atoms with van der Waals surface area (Å²) in [6.07, 6.45) is 2.11. The molecule has 0 amide bonds. The van der Waals surface area contributed by atoms with Crippen LogP contribution in [0.4, 0.5) is 0 Å². The number of aryl methyl sites for hydroxylation is 2. The highest BCUT2D eigenvalue weighted by molar-refractivity contribution is 6.39. The topological polar surface area (TPSA) is 85.0 Å². The van der Waals surface area contributed by atoms with E-state index in [1.807, 2.05) is 24.3 Å². The average Bonchev–Trinajstić information content (AvgIpc) is 3.65. The number of aliphatic hydroxyl groups is 2. The van der Waals surface area contributed by atoms with Crippen LogP contribution in [0, 0.1) is 0 Å². The zero-order chi connectivity index (χ0) is 24.8. The minimum absolute atomic E-state index is 0.268. The van der Waals surface area contributed by atoms with Crippen molar-refractivity contribution < 1.29 is 24.2 Å². The van der Waals surface area contributed by atoms with E-state index in [0.717, 1.165) is 53.9 Å². The molecule has 0 saturated heterocycles. The zero-order valence-corrected chi connectivity index (χ0v) is 20.7. The van der Waals surface area contributed by atoms with Crippen LogP contribution < -0.4 is 9.47 Å². The van der Waals surface area contributed by atoms with Crippen LogP contribution in [0.3, 0.4) is 0 Å². The number of fused-ring (bicyclic) bond motifs is 2. The van der Waals surface area contributed by atoms with E-state index in [2.05, 4.69) is 5.16 Å². The van der Waals surface area contributed by atoms with Crippen molar-refractivity contribution in [3.8, 4) is 28.5 Å². The summed E-state index contributed by atoms with van der Waals surface area (Å²) in [7, 11) is 0. The van der Waals surface area contributed by atoms with Crippen molar-refractivity contribution in [2.45, 2.75) is 44.5 Å². The number of benzene rings is 3. The number of hydrogen-bond donors (Lipinski definition) is 2. The summed E-state index contributed by atoms with van der Waals surface area (Å²) in [6.45, 7) is 0.268. The molecular formula is C28H23Cl2NO5. The summed E-state index contributed by atoms with van der Waals surface area (Å²) in [5.74, 6) is 3.23. The molecule has 0 radical (unpaired) electrons. The lowest BCUT2D eigenvalue weighted by Gasteiger charge is -2.13. The van der Waals surface area contributed by atoms with E-state index < -0.39 is 6.29 Å². The van der Waals surface area contributed by atoms with Crippen LogP contribution in [0.2, 0.25) is 10.0 Å². The van der Waals surface area contributed by atoms with Crippen molar-refractivity contribution in [2.24, 2.45) is 0 Å². The summed E-state index contributed by atoms with van der Waals surface area (Å²) >= 11 is 12.9. The van der Waals surface area contributed by atoms with Crippen LogP contribution in [0.5, 0.6) is 17.2 Å². The highest BCUT2D eigenvalue weighted by atomic mass is 35.5. The Balaban J connectivity index is 1.26. The van der Waals surface area contributed by atoms with E-state index in [1.54, 1.807) is 30.3 Å². The first-order valence-electron chi connectivity index (χ1n) is 11.8. The molecule has 2 N–H and O–H groups in total. The van der Waals surface area contributed by atoms with Crippen LogP contribution in [0.25, 0.3) is 11.3 Å². The number of rotatable bonds is 6. The van der Waals surface area contributed by atoms with Gasteiger partial charge in [-0.05, 0) is 73.2 Å². The summed E-state index contributed by atoms with van der Waals surface area (Å²) in [5, 5.41) is 24.4. The number of hydrogen-bond acceptors (Lipinski definition) is 6. The molecular weight excluding hydrogens is 501 g/mol. The SMILES string of the molecule is OC(O)c1ccc2c(c1)Oc1ccc(OCc3c(-c4c(Cl)cccc4Cl)noc3C3CC3)cc1CC2. The predicted octanol–water partition coefficient (Wildman–Crippen LogP) is 6.98. The fraction of sp³-hybridized carbons (Fsp3) is 0.250. The third-order valence-corrected chi connectivity index (χ3v) is 7.28. The maximum absolute atomic E-state index is 9.50. The van der Waals surface area contributed by atoms with Crippen LogP contribution in [0.15, 0.2) is 59.1 Å². The Labute approximate surface area is 218 Å². The summed E-state index contributed by atoms with van der Waals surface area (Å²) in [5.41, 5.74) is 4.54. The third-order valence-electron chi connectivity index (χ3n) is 6.65. The van der Waals surface area contributed by atoms with Gasteiger partial charge in [-0.1, -0.05) is 46.6 Å². The van der Waals surface area contributed by atoms with E-state index in [-0.39, 0.29) is 6.61 Å². The van der Waals surface area contributed by atoms with E-state index in [4.69, 9.17) is 37.2 Å². The average molecular weight is 524 g/mol. The first-order valence-corrected chi connectivity index (χ1v) is 12.6. The lowest BCUT2D eigenvalue weighted by Crippen LogP contribution is -2.01. The molecule has 36 heavy (non-hydrogen) atoms. The van der Waals surface area contributed by atoms with Gasteiger partial charge >= 0.3 is 0 Å². The molecule has 0 unspecified atom stereocenters. The number of aliphatic hydroxyl groups excluding tert-OH is 1. The summed E-state index contributed by atoms with van der Waals surface area (Å²) in [6, 6.07) is 16.3. The summed E-state index contributed by atoms with van der Waals surface area (Å²) < 4.78 is 18.1. The first-order chi connectivity index (χ1) is 17.5. The second-order valence-corrected chi connectivity index (χ2v) is 9.96. The standard InChI is InChI=1S/C28H23Cl2NO5/c29-21-2-1-3-22(30)25(21)26-20(27(36-31-26)16-6-7-16)14-34-19-10-11-23-17(12-19)8-4-15-5-9-18(28(32)33)13-24(15)35-23/h1-3,5,9-13,16,28,32-33H,4,6-8,14H2. The Bertz CT molecular complexity index is 1420. The molecule has 0 spiro atoms. The van der Waals surface area contributed by atoms with Gasteiger partial charge in [0.15, 0.2) is 6.29 Å². The van der Waals surface area contributed by atoms with Crippen molar-refractivity contribution in [1.82, 2.24) is 5.16 Å². The highest BCUT2D eigenvalue weighted by Crippen LogP contribution is 2.46. The normalized spacial score (nSPS) is 14.7. The zero-order valence-electron chi connectivity index (χ0n) is 19.2. The Morgan fingerprint density at radius 2 is 1.72 bits per heavy atom. The monoisotopic (exact) mass is 523 g/mol. The molecule has 1 aliphatic heterocycles. The largest absolute Gasteiger partial charge is 0.489 e. The number of halogens is 2. The third kappa shape index (κ3) is 4.46. The van der Waals surface area contributed by atoms with E-state index >= 15 is 0 Å². The fourth-order valence-corrected chi connectivity index (χ4v) is 5.14. The number of ether oxygens (including phenoxy) is 2. The van der Waals surface area contributed by atoms with Gasteiger partial charge in [-0.15, -0.1) is 0 Å². The van der Waals surface area contributed by atoms with Crippen LogP contribution >= 0.6 is 23.2 Å². The fourth-order valence-electron chi connectivity index (χ4n) is 4.57. The van der Waals surface area contributed by atoms with Crippen molar-refractivity contribution in [3.05, 3.63) is 92.7 Å². The van der Waals surface area contributed by atoms with Crippen LogP contribution in [-0.2, 0) is 19.4 Å². The Morgan fingerprint density at radius 3 is 2.47 bits per heavy atom. The number of aromatic nitrogens is 1. The van der Waals surface area contributed by atoms with Gasteiger partial charge in [0, 0.05) is 17.0 Å². The second-order valence-electron chi connectivity index (χ2n) is 9.15. The minimum atomic E-state index is -1.54. The molecule has 1 aromatic heterocycles. The van der Waals surface area contributed by atoms with Gasteiger partial charge in [-0.3, -0.25) is 0 Å². The van der Waals surface area contributed by atoms with Crippen molar-refractivity contribution in [2.75, 3.05) is 0 Å². The van der Waals surface area contributed by atoms with Gasteiger partial charge in [0.2, 0.25) is 0 Å². The maximum Gasteiger partial charge on any atom is 0.178 e. The molecule has 2 heterocycles. The second kappa shape index (κ2) is 9.45. The van der Waals surface area contributed by atoms with Gasteiger partial charge in [0.25, 0.3) is 0 Å². The van der Waals surface area contributed by atoms with Gasteiger partial charge in [-0.2, -0.15) is 0 Å². The number of nitrogens with zero attached hydrogens (tertiary/aromatic N) is 1. The maximum atomic E-state index is 9.50. The van der Waals surface area contributed by atoms with Gasteiger partial charge in [0.1, 0.15) is 35.3 Å². The highest BCUT2D eigenvalue weighted by Gasteiger charge is 2.33. The molecule has 184 valence electrons. The molecule has 3 aromatic carbocycles. The minimum Gasteiger partial charge on any atom is -0.489 e. The smallest absolute Gasteiger partial charge is 0.178 e. The molecule has 8 heteroatoms. The van der Waals surface area contributed by atoms with Crippen molar-refractivity contribution in [3.63, 3.8) is 0 Å². The van der Waals surface area contributed by atoms with Crippen LogP contribution in [0.1, 0.15) is 53.1 Å². The van der Waals surface area contributed by atoms with E-state index in [9.17, 15) is 10.2 Å². The van der Waals surface area contributed by atoms with Gasteiger partial charge in [0.05, 0.1) is 15.6 Å². The van der Waals surface area contributed by atoms with E-state index in [0.29, 0.717) is 44.3 Å². The predicted molar refractivity (Wildman–Crippen MR) is 136 cm³/mol. The molecule has 4 aromatic rings. The molecule has 6 rings (SSSR count). The van der Waals surface area contributed by atoms with Gasteiger partial charge in [-0.25, -0.2) is 0 Å². The van der Waals surface area contributed by atoms with Gasteiger partial charge < -0.3 is 24.2 Å². The molecule has 0 atom stereocenters. The summed E-state index contributed by atoms with van der Waals surface area (Å²) in [4.78, 5) is 0. The Kier molecular flexibility index (Phi) is 6.13. The first kappa shape index (κ1) is 23.4. The quantitative estimate of drug-likeness (QED) is 0.265. The van der Waals surface area contributed by atoms with Crippen molar-refractivity contribution >= 4 is 23.2 Å². The van der Waals surface area contributed by atoms with E-state index in [1.165, 1.54) is 0 Å². The lowest BCUT2D eigenvalue weighted by atomic mass is 10.0. The molecule has 0 bridgehead atoms. The molecule has 2 aliphatic rings. The molecule has 6 nitrogen and oxygen atoms in total. The lowest BCUT2D eigenvalue weighted by molar-refractivity contribution is -0.0426. The Hall–Kier alpha value is -3.03. The molecule has 1 saturated carbocycles.